The van der Waals surface area contributed by atoms with Crippen molar-refractivity contribution in [2.45, 2.75) is 43.7 Å². The number of pyridine rings is 1. The minimum Gasteiger partial charge on any atom is -0.361 e. The quantitative estimate of drug-likeness (QED) is 0.576. The lowest BCUT2D eigenvalue weighted by atomic mass is 10.1. The van der Waals surface area contributed by atoms with Crippen LogP contribution in [0.3, 0.4) is 0 Å². The monoisotopic (exact) mass is 476 g/mol. The average Bonchev–Trinajstić information content (AvgIpc) is 3.02. The van der Waals surface area contributed by atoms with Crippen molar-refractivity contribution in [1.82, 2.24) is 9.29 Å². The molecule has 0 saturated carbocycles. The Balaban J connectivity index is 1.43. The molecule has 1 N–H and O–H groups in total. The summed E-state index contributed by atoms with van der Waals surface area (Å²) < 4.78 is 27.8. The number of hydrogen-bond acceptors (Lipinski definition) is 5. The van der Waals surface area contributed by atoms with Crippen molar-refractivity contribution in [1.29, 1.82) is 0 Å². The minimum atomic E-state index is -3.51. The smallest absolute Gasteiger partial charge is 0.261 e. The van der Waals surface area contributed by atoms with Crippen LogP contribution in [0.1, 0.15) is 53.3 Å². The number of benzene rings is 2. The van der Waals surface area contributed by atoms with E-state index in [0.717, 1.165) is 42.5 Å². The number of nitrogens with one attached hydrogen (secondary N) is 1. The van der Waals surface area contributed by atoms with E-state index >= 15 is 0 Å². The molecule has 0 spiro atoms. The summed E-state index contributed by atoms with van der Waals surface area (Å²) in [6.07, 6.45) is 5.23. The Hall–Kier alpha value is -3.23. The third-order valence-corrected chi connectivity index (χ3v) is 8.38. The number of anilines is 2. The molecular weight excluding hydrogens is 448 g/mol. The summed E-state index contributed by atoms with van der Waals surface area (Å²) >= 11 is 0. The van der Waals surface area contributed by atoms with Gasteiger partial charge < -0.3 is 5.32 Å². The van der Waals surface area contributed by atoms with Crippen LogP contribution in [0.2, 0.25) is 0 Å². The summed E-state index contributed by atoms with van der Waals surface area (Å²) in [4.78, 5) is 19.6. The summed E-state index contributed by atoms with van der Waals surface area (Å²) in [5.41, 5.74) is 3.22. The van der Waals surface area contributed by atoms with Crippen LogP contribution in [0.4, 0.5) is 11.5 Å². The van der Waals surface area contributed by atoms with Crippen molar-refractivity contribution in [3.8, 4) is 0 Å². The number of sulfonamides is 1. The summed E-state index contributed by atoms with van der Waals surface area (Å²) in [6.45, 7) is 3.10. The lowest BCUT2D eigenvalue weighted by molar-refractivity contribution is 0.0992. The van der Waals surface area contributed by atoms with Crippen molar-refractivity contribution in [3.63, 3.8) is 0 Å². The van der Waals surface area contributed by atoms with Gasteiger partial charge in [-0.3, -0.25) is 9.69 Å². The first-order valence-corrected chi connectivity index (χ1v) is 13.1. The first-order valence-electron chi connectivity index (χ1n) is 11.7. The van der Waals surface area contributed by atoms with E-state index in [1.54, 1.807) is 39.7 Å². The first kappa shape index (κ1) is 22.6. The van der Waals surface area contributed by atoms with Gasteiger partial charge in [-0.2, -0.15) is 4.31 Å². The average molecular weight is 477 g/mol. The molecule has 0 aliphatic carbocycles. The molecule has 5 rings (SSSR count). The molecule has 0 radical (unpaired) electrons. The normalized spacial score (nSPS) is 19.0. The van der Waals surface area contributed by atoms with Gasteiger partial charge in [0.1, 0.15) is 12.0 Å². The molecule has 3 aromatic rings. The Morgan fingerprint density at radius 3 is 2.29 bits per heavy atom. The number of aryl methyl sites for hydroxylation is 1. The number of nitrogens with zero attached hydrogens (tertiary/aromatic N) is 3. The highest BCUT2D eigenvalue weighted by molar-refractivity contribution is 7.89. The van der Waals surface area contributed by atoms with E-state index in [2.05, 4.69) is 10.3 Å². The number of fused-ring (bicyclic) bond motifs is 1. The van der Waals surface area contributed by atoms with E-state index in [1.165, 1.54) is 0 Å². The highest BCUT2D eigenvalue weighted by Crippen LogP contribution is 2.37. The Labute approximate surface area is 200 Å². The zero-order valence-corrected chi connectivity index (χ0v) is 20.0. The predicted octanol–water partition coefficient (Wildman–Crippen LogP) is 4.73. The molecule has 3 heterocycles. The van der Waals surface area contributed by atoms with Crippen molar-refractivity contribution in [3.05, 3.63) is 83.6 Å². The maximum absolute atomic E-state index is 13.2. The van der Waals surface area contributed by atoms with Gasteiger partial charge >= 0.3 is 0 Å². The van der Waals surface area contributed by atoms with E-state index in [9.17, 15) is 13.2 Å². The van der Waals surface area contributed by atoms with Crippen LogP contribution in [0.5, 0.6) is 0 Å². The van der Waals surface area contributed by atoms with Crippen LogP contribution in [0.15, 0.2) is 71.8 Å². The zero-order chi connectivity index (χ0) is 23.7. The van der Waals surface area contributed by atoms with E-state index in [-0.39, 0.29) is 5.91 Å². The Morgan fingerprint density at radius 1 is 0.912 bits per heavy atom. The van der Waals surface area contributed by atoms with E-state index in [4.69, 9.17) is 0 Å². The molecule has 2 aliphatic heterocycles. The van der Waals surface area contributed by atoms with Gasteiger partial charge in [0.15, 0.2) is 0 Å². The van der Waals surface area contributed by atoms with Gasteiger partial charge in [0.25, 0.3) is 5.91 Å². The molecule has 1 aromatic heterocycles. The summed E-state index contributed by atoms with van der Waals surface area (Å²) in [5.74, 6) is 0.439. The van der Waals surface area contributed by atoms with Crippen LogP contribution < -0.4 is 10.2 Å². The van der Waals surface area contributed by atoms with Gasteiger partial charge in [-0.1, -0.05) is 37.1 Å². The Bertz CT molecular complexity index is 1280. The number of rotatable bonds is 5. The molecule has 0 bridgehead atoms. The molecule has 1 fully saturated rings. The van der Waals surface area contributed by atoms with Gasteiger partial charge in [0.2, 0.25) is 10.0 Å². The fourth-order valence-electron chi connectivity index (χ4n) is 4.61. The first-order chi connectivity index (χ1) is 16.4. The molecule has 34 heavy (non-hydrogen) atoms. The van der Waals surface area contributed by atoms with Gasteiger partial charge in [0, 0.05) is 36.1 Å². The van der Waals surface area contributed by atoms with Crippen LogP contribution in [0.25, 0.3) is 0 Å². The summed E-state index contributed by atoms with van der Waals surface area (Å²) in [7, 11) is -3.51. The molecule has 176 valence electrons. The number of carbonyl (C=O) groups excluding carboxylic acids is 1. The molecule has 1 atom stereocenters. The molecule has 2 aromatic carbocycles. The van der Waals surface area contributed by atoms with E-state index < -0.39 is 16.2 Å². The molecule has 1 amide bonds. The van der Waals surface area contributed by atoms with Crippen molar-refractivity contribution in [2.75, 3.05) is 23.3 Å². The lowest BCUT2D eigenvalue weighted by Gasteiger charge is -2.26. The third-order valence-electron chi connectivity index (χ3n) is 6.47. The minimum absolute atomic E-state index is 0.121. The van der Waals surface area contributed by atoms with Gasteiger partial charge in [-0.15, -0.1) is 0 Å². The molecule has 2 aliphatic rings. The third kappa shape index (κ3) is 4.19. The molecule has 1 saturated heterocycles. The van der Waals surface area contributed by atoms with E-state index in [1.807, 2.05) is 43.3 Å². The maximum Gasteiger partial charge on any atom is 0.261 e. The second-order valence-electron chi connectivity index (χ2n) is 8.85. The van der Waals surface area contributed by atoms with Crippen molar-refractivity contribution in [2.24, 2.45) is 0 Å². The summed E-state index contributed by atoms with van der Waals surface area (Å²) in [6, 6.07) is 18.1. The van der Waals surface area contributed by atoms with Crippen molar-refractivity contribution >= 4 is 27.4 Å². The van der Waals surface area contributed by atoms with Crippen LogP contribution in [0, 0.1) is 6.92 Å². The lowest BCUT2D eigenvalue weighted by Crippen LogP contribution is -2.33. The predicted molar refractivity (Wildman–Crippen MR) is 132 cm³/mol. The van der Waals surface area contributed by atoms with Crippen LogP contribution in [-0.2, 0) is 10.0 Å². The second kappa shape index (κ2) is 9.19. The molecule has 8 heteroatoms. The fraction of sp³-hybridized carbons (Fsp3) is 0.308. The van der Waals surface area contributed by atoms with Gasteiger partial charge in [-0.05, 0) is 61.7 Å². The standard InChI is InChI=1S/C26H28N4O3S/c1-19-10-15-24(27-18-19)30-25(22-8-4-5-9-23(22)26(30)31)28-20-11-13-21(14-12-20)34(32,33)29-16-6-2-3-7-17-29/h4-5,8-15,18,25,28H,2-3,6-7,16-17H2,1H3. The number of aromatic nitrogens is 1. The molecule has 7 nitrogen and oxygen atoms in total. The van der Waals surface area contributed by atoms with Gasteiger partial charge in [-0.25, -0.2) is 13.4 Å². The molecular formula is C26H28N4O3S. The van der Waals surface area contributed by atoms with Crippen molar-refractivity contribution < 1.29 is 13.2 Å². The Kier molecular flexibility index (Phi) is 6.10. The summed E-state index contributed by atoms with van der Waals surface area (Å²) in [5, 5.41) is 3.42. The SMILES string of the molecule is Cc1ccc(N2C(=O)c3ccccc3C2Nc2ccc(S(=O)(=O)N3CCCCCC3)cc2)nc1. The van der Waals surface area contributed by atoms with E-state index in [0.29, 0.717) is 29.4 Å². The fourth-order valence-corrected chi connectivity index (χ4v) is 6.13. The highest BCUT2D eigenvalue weighted by Gasteiger charge is 2.38. The number of amides is 1. The Morgan fingerprint density at radius 2 is 1.62 bits per heavy atom. The molecule has 1 unspecified atom stereocenters. The van der Waals surface area contributed by atoms with Crippen LogP contribution >= 0.6 is 0 Å². The van der Waals surface area contributed by atoms with Crippen LogP contribution in [-0.4, -0.2) is 36.7 Å². The zero-order valence-electron chi connectivity index (χ0n) is 19.1. The topological polar surface area (TPSA) is 82.6 Å². The highest BCUT2D eigenvalue weighted by atomic mass is 32.2. The van der Waals surface area contributed by atoms with Gasteiger partial charge in [0.05, 0.1) is 4.90 Å². The number of hydrogen-bond donors (Lipinski definition) is 1. The number of carbonyl (C=O) groups is 1. The maximum atomic E-state index is 13.2. The second-order valence-corrected chi connectivity index (χ2v) is 10.8. The largest absolute Gasteiger partial charge is 0.361 e.